The number of hydrogen-bond acceptors (Lipinski definition) is 4. The lowest BCUT2D eigenvalue weighted by molar-refractivity contribution is 0.0919. The second-order valence-electron chi connectivity index (χ2n) is 10.2. The summed E-state index contributed by atoms with van der Waals surface area (Å²) < 4.78 is 3.70. The molecule has 2 N–H and O–H groups in total. The van der Waals surface area contributed by atoms with Crippen molar-refractivity contribution in [2.45, 2.75) is 45.2 Å². The number of aryl methyl sites for hydroxylation is 1. The summed E-state index contributed by atoms with van der Waals surface area (Å²) in [4.78, 5) is 30.7. The number of fused-ring (bicyclic) bond motifs is 1. The van der Waals surface area contributed by atoms with Crippen LogP contribution < -0.4 is 11.0 Å². The lowest BCUT2D eigenvalue weighted by Crippen LogP contribution is -2.39. The average molecular weight is 541 g/mol. The molecule has 3 aromatic heterocycles. The predicted octanol–water partition coefficient (Wildman–Crippen LogP) is 5.53. The molecule has 0 saturated heterocycles. The first kappa shape index (κ1) is 25.1. The molecule has 0 atom stereocenters. The van der Waals surface area contributed by atoms with Crippen molar-refractivity contribution in [2.24, 2.45) is 5.92 Å². The molecule has 0 unspecified atom stereocenters. The van der Waals surface area contributed by atoms with Gasteiger partial charge in [0.25, 0.3) is 5.91 Å². The number of H-pyrrole nitrogens is 1. The van der Waals surface area contributed by atoms with Crippen molar-refractivity contribution < 1.29 is 4.79 Å². The van der Waals surface area contributed by atoms with Gasteiger partial charge in [0.1, 0.15) is 0 Å². The Bertz CT molecular complexity index is 1680. The molecule has 1 fully saturated rings. The summed E-state index contributed by atoms with van der Waals surface area (Å²) >= 11 is 6.05. The van der Waals surface area contributed by atoms with Gasteiger partial charge in [0.05, 0.1) is 38.7 Å². The van der Waals surface area contributed by atoms with Gasteiger partial charge in [0.2, 0.25) is 0 Å². The van der Waals surface area contributed by atoms with Crippen LogP contribution in [0.1, 0.15) is 41.7 Å². The predicted molar refractivity (Wildman–Crippen MR) is 152 cm³/mol. The van der Waals surface area contributed by atoms with Crippen LogP contribution in [-0.2, 0) is 6.54 Å². The molecule has 2 aromatic carbocycles. The minimum absolute atomic E-state index is 0.0372. The first-order valence-electron chi connectivity index (χ1n) is 13.2. The number of nitrogens with zero attached hydrogens (tertiary/aromatic N) is 4. The Morgan fingerprint density at radius 2 is 1.79 bits per heavy atom. The fourth-order valence-corrected chi connectivity index (χ4v) is 5.75. The van der Waals surface area contributed by atoms with Crippen LogP contribution in [-0.4, -0.2) is 36.3 Å². The van der Waals surface area contributed by atoms with E-state index in [4.69, 9.17) is 11.6 Å². The van der Waals surface area contributed by atoms with E-state index in [1.807, 2.05) is 66.1 Å². The van der Waals surface area contributed by atoms with Gasteiger partial charge in [-0.25, -0.2) is 4.79 Å². The van der Waals surface area contributed by atoms with Gasteiger partial charge < -0.3 is 5.32 Å². The summed E-state index contributed by atoms with van der Waals surface area (Å²) in [7, 11) is 0. The van der Waals surface area contributed by atoms with Crippen molar-refractivity contribution in [3.63, 3.8) is 0 Å². The van der Waals surface area contributed by atoms with Crippen molar-refractivity contribution >= 4 is 28.5 Å². The highest BCUT2D eigenvalue weighted by Gasteiger charge is 2.25. The number of hydrogen-bond donors (Lipinski definition) is 2. The lowest BCUT2D eigenvalue weighted by Gasteiger charge is -2.29. The van der Waals surface area contributed by atoms with Crippen LogP contribution in [0.4, 0.5) is 0 Å². The number of nitrogens with one attached hydrogen (secondary N) is 2. The van der Waals surface area contributed by atoms with E-state index in [2.05, 4.69) is 20.5 Å². The number of imidazole rings is 1. The summed E-state index contributed by atoms with van der Waals surface area (Å²) in [5.41, 5.74) is 5.74. The minimum Gasteiger partial charge on any atom is -0.349 e. The molecule has 5 aromatic rings. The van der Waals surface area contributed by atoms with Gasteiger partial charge in [-0.2, -0.15) is 5.10 Å². The van der Waals surface area contributed by atoms with Crippen molar-refractivity contribution in [1.29, 1.82) is 0 Å². The van der Waals surface area contributed by atoms with E-state index in [0.29, 0.717) is 28.7 Å². The number of pyridine rings is 1. The first-order valence-corrected chi connectivity index (χ1v) is 13.6. The van der Waals surface area contributed by atoms with Crippen molar-refractivity contribution in [1.82, 2.24) is 29.6 Å². The second kappa shape index (κ2) is 10.5. The molecule has 198 valence electrons. The summed E-state index contributed by atoms with van der Waals surface area (Å²) in [6, 6.07) is 19.6. The third-order valence-electron chi connectivity index (χ3n) is 7.69. The average Bonchev–Trinajstić information content (AvgIpc) is 3.58. The van der Waals surface area contributed by atoms with E-state index in [9.17, 15) is 9.59 Å². The normalized spacial score (nSPS) is 17.4. The number of amides is 1. The molecule has 1 aliphatic rings. The molecular weight excluding hydrogens is 512 g/mol. The van der Waals surface area contributed by atoms with Crippen LogP contribution in [0.3, 0.4) is 0 Å². The van der Waals surface area contributed by atoms with Crippen molar-refractivity contribution in [2.75, 3.05) is 0 Å². The summed E-state index contributed by atoms with van der Waals surface area (Å²) in [6.45, 7) is 2.46. The number of rotatable bonds is 6. The molecule has 0 bridgehead atoms. The summed E-state index contributed by atoms with van der Waals surface area (Å²) in [6.07, 6.45) is 6.87. The highest BCUT2D eigenvalue weighted by molar-refractivity contribution is 6.30. The third-order valence-corrected chi connectivity index (χ3v) is 7.90. The van der Waals surface area contributed by atoms with Crippen LogP contribution in [0.25, 0.3) is 28.0 Å². The molecule has 3 heterocycles. The lowest BCUT2D eigenvalue weighted by atomic mass is 9.85. The molecule has 6 rings (SSSR count). The molecule has 9 heteroatoms. The van der Waals surface area contributed by atoms with Crippen LogP contribution >= 0.6 is 11.6 Å². The van der Waals surface area contributed by atoms with Crippen LogP contribution in [0.5, 0.6) is 0 Å². The van der Waals surface area contributed by atoms with Gasteiger partial charge in [0, 0.05) is 25.0 Å². The van der Waals surface area contributed by atoms with Crippen LogP contribution in [0, 0.1) is 12.8 Å². The number of carbonyl (C=O) groups is 1. The van der Waals surface area contributed by atoms with Crippen LogP contribution in [0.2, 0.25) is 5.02 Å². The van der Waals surface area contributed by atoms with E-state index in [0.717, 1.165) is 53.7 Å². The van der Waals surface area contributed by atoms with E-state index in [1.165, 1.54) is 0 Å². The SMILES string of the molecule is Cc1ncc(Cl)cc1C(=O)N[C@H]1CC[C@H](Cn2c(=O)n(-c3ccc(-c4ccn[nH]4)cc3)c3ccccc32)CC1. The second-order valence-corrected chi connectivity index (χ2v) is 10.6. The smallest absolute Gasteiger partial charge is 0.333 e. The van der Waals surface area contributed by atoms with Gasteiger partial charge in [-0.3, -0.25) is 24.0 Å². The van der Waals surface area contributed by atoms with Gasteiger partial charge in [-0.05, 0) is 80.5 Å². The van der Waals surface area contributed by atoms with E-state index < -0.39 is 0 Å². The van der Waals surface area contributed by atoms with Gasteiger partial charge in [-0.1, -0.05) is 35.9 Å². The zero-order chi connectivity index (χ0) is 26.9. The zero-order valence-electron chi connectivity index (χ0n) is 21.6. The third kappa shape index (κ3) is 5.00. The Balaban J connectivity index is 1.18. The summed E-state index contributed by atoms with van der Waals surface area (Å²) in [5, 5.41) is 10.6. The molecule has 0 aliphatic heterocycles. The Morgan fingerprint density at radius 3 is 2.51 bits per heavy atom. The molecule has 0 radical (unpaired) electrons. The highest BCUT2D eigenvalue weighted by Crippen LogP contribution is 2.28. The monoisotopic (exact) mass is 540 g/mol. The number of para-hydroxylation sites is 2. The molecule has 8 nitrogen and oxygen atoms in total. The standard InChI is InChI=1S/C30H29ClN6O2/c1-19-25(16-22(31)17-32-19)29(38)34-23-10-6-20(7-11-23)18-36-27-4-2-3-5-28(27)37(30(36)39)24-12-8-21(9-13-24)26-14-15-33-35-26/h2-5,8-9,12-17,20,23H,6-7,10-11,18H2,1H3,(H,33,35)(H,34,38)/t20-,23-. The number of aromatic amines is 1. The van der Waals surface area contributed by atoms with Crippen molar-refractivity contribution in [3.05, 3.63) is 99.8 Å². The number of carbonyl (C=O) groups excluding carboxylic acids is 1. The zero-order valence-corrected chi connectivity index (χ0v) is 22.4. The fourth-order valence-electron chi connectivity index (χ4n) is 5.59. The molecule has 1 amide bonds. The van der Waals surface area contributed by atoms with Gasteiger partial charge in [0.15, 0.2) is 0 Å². The number of halogens is 1. The Morgan fingerprint density at radius 1 is 1.05 bits per heavy atom. The quantitative estimate of drug-likeness (QED) is 0.296. The first-order chi connectivity index (χ1) is 19.0. The van der Waals surface area contributed by atoms with E-state index in [-0.39, 0.29) is 17.6 Å². The van der Waals surface area contributed by atoms with Gasteiger partial charge >= 0.3 is 5.69 Å². The number of benzene rings is 2. The minimum atomic E-state index is -0.135. The maximum atomic E-state index is 13.7. The Kier molecular flexibility index (Phi) is 6.79. The molecule has 0 spiro atoms. The highest BCUT2D eigenvalue weighted by atomic mass is 35.5. The maximum absolute atomic E-state index is 13.7. The Hall–Kier alpha value is -4.17. The molecular formula is C30H29ClN6O2. The Labute approximate surface area is 230 Å². The van der Waals surface area contributed by atoms with E-state index >= 15 is 0 Å². The largest absolute Gasteiger partial charge is 0.349 e. The van der Waals surface area contributed by atoms with E-state index in [1.54, 1.807) is 23.0 Å². The molecule has 39 heavy (non-hydrogen) atoms. The van der Waals surface area contributed by atoms with Crippen molar-refractivity contribution in [3.8, 4) is 16.9 Å². The summed E-state index contributed by atoms with van der Waals surface area (Å²) in [5.74, 6) is 0.219. The molecule has 1 aliphatic carbocycles. The topological polar surface area (TPSA) is 97.6 Å². The maximum Gasteiger partial charge on any atom is 0.333 e. The fraction of sp³-hybridized carbons (Fsp3) is 0.267. The van der Waals surface area contributed by atoms with Crippen LogP contribution in [0.15, 0.2) is 77.9 Å². The van der Waals surface area contributed by atoms with Gasteiger partial charge in [-0.15, -0.1) is 0 Å². The number of aromatic nitrogens is 5. The molecule has 1 saturated carbocycles.